The number of rotatable bonds is 6. The molecule has 3 aromatic carbocycles. The second kappa shape index (κ2) is 10.8. The van der Waals surface area contributed by atoms with E-state index < -0.39 is 17.4 Å². The smallest absolute Gasteiger partial charge is 0.262 e. The number of benzene rings is 3. The average Bonchev–Trinajstić information content (AvgIpc) is 3.59. The van der Waals surface area contributed by atoms with E-state index in [1.54, 1.807) is 12.1 Å². The number of carbonyl (C=O) groups is 1. The van der Waals surface area contributed by atoms with Gasteiger partial charge in [-0.3, -0.25) is 9.59 Å². The summed E-state index contributed by atoms with van der Waals surface area (Å²) >= 11 is 4.49. The lowest BCUT2D eigenvalue weighted by molar-refractivity contribution is -0.130. The summed E-state index contributed by atoms with van der Waals surface area (Å²) in [7, 11) is 0. The number of halogens is 3. The Kier molecular flexibility index (Phi) is 7.03. The summed E-state index contributed by atoms with van der Waals surface area (Å²) in [5.74, 6) is -1.13. The Morgan fingerprint density at radius 3 is 2.38 bits per heavy atom. The molecule has 1 N–H and O–H groups in total. The van der Waals surface area contributed by atoms with Gasteiger partial charge in [-0.05, 0) is 59.7 Å². The van der Waals surface area contributed by atoms with Gasteiger partial charge in [-0.2, -0.15) is 10.2 Å². The van der Waals surface area contributed by atoms with Crippen LogP contribution in [-0.4, -0.2) is 42.1 Å². The van der Waals surface area contributed by atoms with Crippen LogP contribution in [0, 0.1) is 11.6 Å². The molecule has 0 aliphatic carbocycles. The lowest BCUT2D eigenvalue weighted by Crippen LogP contribution is -2.28. The zero-order valence-corrected chi connectivity index (χ0v) is 23.0. The van der Waals surface area contributed by atoms with E-state index in [0.717, 1.165) is 33.1 Å². The Morgan fingerprint density at radius 2 is 1.68 bits per heavy atom. The number of aromatic amines is 1. The fourth-order valence-electron chi connectivity index (χ4n) is 4.44. The van der Waals surface area contributed by atoms with E-state index in [4.69, 9.17) is 0 Å². The van der Waals surface area contributed by atoms with Gasteiger partial charge in [-0.25, -0.2) is 23.5 Å². The third kappa shape index (κ3) is 5.19. The van der Waals surface area contributed by atoms with Crippen molar-refractivity contribution in [3.05, 3.63) is 117 Å². The Bertz CT molecular complexity index is 1800. The predicted molar refractivity (Wildman–Crippen MR) is 151 cm³/mol. The van der Waals surface area contributed by atoms with Crippen molar-refractivity contribution in [1.82, 2.24) is 24.8 Å². The quantitative estimate of drug-likeness (QED) is 0.196. The van der Waals surface area contributed by atoms with Crippen molar-refractivity contribution in [2.75, 3.05) is 5.75 Å². The van der Waals surface area contributed by atoms with Gasteiger partial charge >= 0.3 is 0 Å². The molecule has 3 heterocycles. The Morgan fingerprint density at radius 1 is 1.00 bits per heavy atom. The monoisotopic (exact) mass is 620 g/mol. The van der Waals surface area contributed by atoms with Crippen LogP contribution in [0.2, 0.25) is 0 Å². The molecule has 1 aliphatic rings. The van der Waals surface area contributed by atoms with E-state index in [9.17, 15) is 18.4 Å². The maximum absolute atomic E-state index is 13.6. The number of carbonyl (C=O) groups excluding carboxylic acids is 1. The van der Waals surface area contributed by atoms with Gasteiger partial charge in [0.15, 0.2) is 10.8 Å². The lowest BCUT2D eigenvalue weighted by atomic mass is 9.98. The van der Waals surface area contributed by atoms with Gasteiger partial charge in [0.2, 0.25) is 0 Å². The van der Waals surface area contributed by atoms with Crippen LogP contribution in [0.1, 0.15) is 23.6 Å². The first-order valence-corrected chi connectivity index (χ1v) is 13.9. The standard InChI is InChI=1S/C28H19BrF2N6O2S/c29-18-5-1-16(2-6-18)23-13-24(17-3-7-19(30)8-4-17)37(35-23)25(38)15-40-28-33-26-22(27(39)34-28)14-32-36(26)21-11-9-20(31)10-12-21/h1-12,14,24H,13,15H2,(H,33,34,39)/t24-/m1/s1. The molecule has 6 rings (SSSR count). The van der Waals surface area contributed by atoms with Crippen LogP contribution in [0.5, 0.6) is 0 Å². The minimum atomic E-state index is -0.415. The van der Waals surface area contributed by atoms with Crippen molar-refractivity contribution in [2.24, 2.45) is 5.10 Å². The molecular weight excluding hydrogens is 602 g/mol. The van der Waals surface area contributed by atoms with E-state index >= 15 is 0 Å². The number of thioether (sulfide) groups is 1. The van der Waals surface area contributed by atoms with Crippen molar-refractivity contribution >= 4 is 50.3 Å². The van der Waals surface area contributed by atoms with E-state index in [-0.39, 0.29) is 33.7 Å². The number of hydrazone groups is 1. The van der Waals surface area contributed by atoms with Crippen molar-refractivity contribution < 1.29 is 13.6 Å². The normalized spacial score (nSPS) is 15.0. The zero-order valence-electron chi connectivity index (χ0n) is 20.6. The minimum Gasteiger partial charge on any atom is -0.301 e. The molecule has 5 aromatic rings. The molecule has 0 spiro atoms. The summed E-state index contributed by atoms with van der Waals surface area (Å²) in [5.41, 5.74) is 2.78. The molecule has 0 fully saturated rings. The molecule has 1 atom stereocenters. The van der Waals surface area contributed by atoms with Gasteiger partial charge in [0.1, 0.15) is 17.0 Å². The molecular formula is C28H19BrF2N6O2S. The van der Waals surface area contributed by atoms with E-state index in [0.29, 0.717) is 12.1 Å². The maximum atomic E-state index is 13.6. The molecule has 12 heteroatoms. The third-order valence-electron chi connectivity index (χ3n) is 6.42. The largest absolute Gasteiger partial charge is 0.301 e. The molecule has 8 nitrogen and oxygen atoms in total. The summed E-state index contributed by atoms with van der Waals surface area (Å²) in [6, 6.07) is 18.9. The fraction of sp³-hybridized carbons (Fsp3) is 0.107. The number of hydrogen-bond acceptors (Lipinski definition) is 6. The van der Waals surface area contributed by atoms with Crippen LogP contribution in [0.4, 0.5) is 8.78 Å². The van der Waals surface area contributed by atoms with Gasteiger partial charge in [0.05, 0.1) is 29.4 Å². The van der Waals surface area contributed by atoms with Crippen LogP contribution in [0.25, 0.3) is 16.7 Å². The highest BCUT2D eigenvalue weighted by atomic mass is 79.9. The number of aromatic nitrogens is 4. The van der Waals surface area contributed by atoms with E-state index in [1.165, 1.54) is 52.3 Å². The Labute approximate surface area is 238 Å². The van der Waals surface area contributed by atoms with Crippen molar-refractivity contribution in [1.29, 1.82) is 0 Å². The maximum Gasteiger partial charge on any atom is 0.262 e. The number of H-pyrrole nitrogens is 1. The van der Waals surface area contributed by atoms with E-state index in [2.05, 4.69) is 36.1 Å². The molecule has 0 radical (unpaired) electrons. The summed E-state index contributed by atoms with van der Waals surface area (Å²) in [5, 5.41) is 10.8. The van der Waals surface area contributed by atoms with Gasteiger partial charge in [-0.15, -0.1) is 0 Å². The molecule has 0 unspecified atom stereocenters. The van der Waals surface area contributed by atoms with Gasteiger partial charge in [0.25, 0.3) is 11.5 Å². The van der Waals surface area contributed by atoms with Crippen LogP contribution in [0.3, 0.4) is 0 Å². The van der Waals surface area contributed by atoms with Crippen molar-refractivity contribution in [3.63, 3.8) is 0 Å². The first kappa shape index (κ1) is 26.1. The van der Waals surface area contributed by atoms with Crippen LogP contribution in [0.15, 0.2) is 98.5 Å². The summed E-state index contributed by atoms with van der Waals surface area (Å²) in [6.07, 6.45) is 1.85. The summed E-state index contributed by atoms with van der Waals surface area (Å²) in [4.78, 5) is 33.4. The second-order valence-corrected chi connectivity index (χ2v) is 10.9. The van der Waals surface area contributed by atoms with Crippen LogP contribution >= 0.6 is 27.7 Å². The van der Waals surface area contributed by atoms with Crippen molar-refractivity contribution in [2.45, 2.75) is 17.6 Å². The summed E-state index contributed by atoms with van der Waals surface area (Å²) < 4.78 is 29.4. The number of nitrogens with one attached hydrogen (secondary N) is 1. The molecule has 0 saturated carbocycles. The average molecular weight is 621 g/mol. The van der Waals surface area contributed by atoms with Gasteiger partial charge < -0.3 is 4.98 Å². The number of nitrogens with zero attached hydrogens (tertiary/aromatic N) is 5. The molecule has 0 saturated heterocycles. The summed E-state index contributed by atoms with van der Waals surface area (Å²) in [6.45, 7) is 0. The molecule has 2 aromatic heterocycles. The molecule has 0 bridgehead atoms. The highest BCUT2D eigenvalue weighted by Gasteiger charge is 2.33. The molecule has 40 heavy (non-hydrogen) atoms. The highest BCUT2D eigenvalue weighted by molar-refractivity contribution is 9.10. The van der Waals surface area contributed by atoms with Crippen molar-refractivity contribution in [3.8, 4) is 5.69 Å². The van der Waals surface area contributed by atoms with Gasteiger partial charge in [-0.1, -0.05) is 52.0 Å². The SMILES string of the molecule is O=C(CSc1nc2c(cnn2-c2ccc(F)cc2)c(=O)[nH]1)N1N=C(c2ccc(Br)cc2)C[C@@H]1c1ccc(F)cc1. The molecule has 1 aliphatic heterocycles. The predicted octanol–water partition coefficient (Wildman–Crippen LogP) is 5.62. The number of fused-ring (bicyclic) bond motifs is 1. The highest BCUT2D eigenvalue weighted by Crippen LogP contribution is 2.34. The zero-order chi connectivity index (χ0) is 27.8. The Hall–Kier alpha value is -4.16. The lowest BCUT2D eigenvalue weighted by Gasteiger charge is -2.22. The van der Waals surface area contributed by atoms with Gasteiger partial charge in [0, 0.05) is 10.9 Å². The second-order valence-electron chi connectivity index (χ2n) is 8.99. The molecule has 1 amide bonds. The van der Waals surface area contributed by atoms with Crippen LogP contribution < -0.4 is 5.56 Å². The van der Waals surface area contributed by atoms with Crippen LogP contribution in [-0.2, 0) is 4.79 Å². The molecule has 200 valence electrons. The number of hydrogen-bond donors (Lipinski definition) is 1. The topological polar surface area (TPSA) is 96.2 Å². The Balaban J connectivity index is 1.27. The number of amides is 1. The first-order chi connectivity index (χ1) is 19.4. The first-order valence-electron chi connectivity index (χ1n) is 12.1. The fourth-order valence-corrected chi connectivity index (χ4v) is 5.41. The van der Waals surface area contributed by atoms with E-state index in [1.807, 2.05) is 24.3 Å². The minimum absolute atomic E-state index is 0.0616. The third-order valence-corrected chi connectivity index (χ3v) is 7.80.